The quantitative estimate of drug-likeness (QED) is 0.662. The van der Waals surface area contributed by atoms with Gasteiger partial charge in [-0.05, 0) is 37.6 Å². The molecule has 1 aliphatic heterocycles. The van der Waals surface area contributed by atoms with Crippen LogP contribution in [0.1, 0.15) is 32.6 Å². The Kier molecular flexibility index (Phi) is 3.66. The van der Waals surface area contributed by atoms with Gasteiger partial charge in [-0.25, -0.2) is 4.79 Å². The van der Waals surface area contributed by atoms with E-state index in [1.54, 1.807) is 6.92 Å². The van der Waals surface area contributed by atoms with Crippen LogP contribution in [0.25, 0.3) is 0 Å². The van der Waals surface area contributed by atoms with Crippen LogP contribution in [0.4, 0.5) is 0 Å². The molecule has 1 saturated carbocycles. The van der Waals surface area contributed by atoms with Crippen LogP contribution in [0.15, 0.2) is 0 Å². The molecular weight excluding hydrogens is 220 g/mol. The summed E-state index contributed by atoms with van der Waals surface area (Å²) in [7, 11) is 0. The number of rotatable bonds is 4. The zero-order valence-corrected chi connectivity index (χ0v) is 10.1. The third-order valence-electron chi connectivity index (χ3n) is 4.05. The van der Waals surface area contributed by atoms with E-state index in [1.807, 2.05) is 0 Å². The highest BCUT2D eigenvalue weighted by Crippen LogP contribution is 2.37. The number of fused-ring (bicyclic) bond motifs is 1. The minimum absolute atomic E-state index is 0.145. The van der Waals surface area contributed by atoms with Gasteiger partial charge in [0.05, 0.1) is 6.04 Å². The first kappa shape index (κ1) is 12.4. The summed E-state index contributed by atoms with van der Waals surface area (Å²) in [4.78, 5) is 22.9. The summed E-state index contributed by atoms with van der Waals surface area (Å²) in [6.07, 6.45) is 3.88. The smallest absolute Gasteiger partial charge is 0.326 e. The van der Waals surface area contributed by atoms with Gasteiger partial charge in [0.1, 0.15) is 6.04 Å². The normalized spacial score (nSPS) is 33.1. The first-order valence-corrected chi connectivity index (χ1v) is 6.40. The summed E-state index contributed by atoms with van der Waals surface area (Å²) >= 11 is 0. The molecule has 2 fully saturated rings. The van der Waals surface area contributed by atoms with E-state index < -0.39 is 12.0 Å². The van der Waals surface area contributed by atoms with Crippen LogP contribution >= 0.6 is 0 Å². The maximum absolute atomic E-state index is 12.0. The van der Waals surface area contributed by atoms with Gasteiger partial charge < -0.3 is 15.7 Å². The highest BCUT2D eigenvalue weighted by molar-refractivity contribution is 5.87. The number of hydrogen-bond donors (Lipinski definition) is 3. The summed E-state index contributed by atoms with van der Waals surface area (Å²) in [6, 6.07) is -0.944. The lowest BCUT2D eigenvalue weighted by Gasteiger charge is -2.20. The SMILES string of the molecule is CCC(NC(=O)C1NCC2CCCC21)C(=O)O. The van der Waals surface area contributed by atoms with Gasteiger partial charge in [-0.15, -0.1) is 0 Å². The monoisotopic (exact) mass is 240 g/mol. The predicted molar refractivity (Wildman–Crippen MR) is 62.5 cm³/mol. The molecule has 0 spiro atoms. The van der Waals surface area contributed by atoms with Crippen LogP contribution in [-0.4, -0.2) is 35.6 Å². The fourth-order valence-electron chi connectivity index (χ4n) is 3.07. The zero-order valence-electron chi connectivity index (χ0n) is 10.1. The Balaban J connectivity index is 1.94. The van der Waals surface area contributed by atoms with Gasteiger partial charge in [0.2, 0.25) is 5.91 Å². The van der Waals surface area contributed by atoms with E-state index in [2.05, 4.69) is 10.6 Å². The van der Waals surface area contributed by atoms with Crippen LogP contribution in [0.3, 0.4) is 0 Å². The topological polar surface area (TPSA) is 78.4 Å². The van der Waals surface area contributed by atoms with Crippen molar-refractivity contribution in [2.75, 3.05) is 6.54 Å². The molecule has 1 saturated heterocycles. The van der Waals surface area contributed by atoms with Gasteiger partial charge in [0, 0.05) is 0 Å². The molecule has 1 aliphatic carbocycles. The lowest BCUT2D eigenvalue weighted by atomic mass is 9.93. The Morgan fingerprint density at radius 1 is 1.47 bits per heavy atom. The van der Waals surface area contributed by atoms with Gasteiger partial charge in [0.25, 0.3) is 0 Å². The molecular formula is C12H20N2O3. The second-order valence-corrected chi connectivity index (χ2v) is 5.05. The Morgan fingerprint density at radius 2 is 2.24 bits per heavy atom. The fourth-order valence-corrected chi connectivity index (χ4v) is 3.07. The molecule has 0 aromatic heterocycles. The maximum Gasteiger partial charge on any atom is 0.326 e. The minimum Gasteiger partial charge on any atom is -0.480 e. The molecule has 5 heteroatoms. The molecule has 0 bridgehead atoms. The maximum atomic E-state index is 12.0. The molecule has 0 aromatic carbocycles. The Bertz CT molecular complexity index is 319. The van der Waals surface area contributed by atoms with Crippen molar-refractivity contribution in [1.82, 2.24) is 10.6 Å². The summed E-state index contributed by atoms with van der Waals surface area (Å²) in [5.74, 6) is -0.0903. The van der Waals surface area contributed by atoms with E-state index in [1.165, 1.54) is 12.8 Å². The van der Waals surface area contributed by atoms with Crippen molar-refractivity contribution in [3.05, 3.63) is 0 Å². The lowest BCUT2D eigenvalue weighted by Crippen LogP contribution is -2.49. The summed E-state index contributed by atoms with van der Waals surface area (Å²) in [5, 5.41) is 14.8. The molecule has 0 radical (unpaired) electrons. The summed E-state index contributed by atoms with van der Waals surface area (Å²) < 4.78 is 0. The van der Waals surface area contributed by atoms with E-state index in [9.17, 15) is 9.59 Å². The molecule has 1 amide bonds. The van der Waals surface area contributed by atoms with Crippen molar-refractivity contribution in [2.24, 2.45) is 11.8 Å². The van der Waals surface area contributed by atoms with Crippen molar-refractivity contribution in [3.8, 4) is 0 Å². The molecule has 5 nitrogen and oxygen atoms in total. The number of carboxylic acid groups (broad SMARTS) is 1. The molecule has 96 valence electrons. The van der Waals surface area contributed by atoms with Crippen LogP contribution in [0, 0.1) is 11.8 Å². The van der Waals surface area contributed by atoms with E-state index in [4.69, 9.17) is 5.11 Å². The van der Waals surface area contributed by atoms with Gasteiger partial charge in [0.15, 0.2) is 0 Å². The fraction of sp³-hybridized carbons (Fsp3) is 0.833. The highest BCUT2D eigenvalue weighted by Gasteiger charge is 2.42. The second-order valence-electron chi connectivity index (χ2n) is 5.05. The van der Waals surface area contributed by atoms with Crippen molar-refractivity contribution < 1.29 is 14.7 Å². The van der Waals surface area contributed by atoms with E-state index >= 15 is 0 Å². The summed E-state index contributed by atoms with van der Waals surface area (Å²) in [6.45, 7) is 2.66. The largest absolute Gasteiger partial charge is 0.480 e. The van der Waals surface area contributed by atoms with Crippen molar-refractivity contribution >= 4 is 11.9 Å². The van der Waals surface area contributed by atoms with Crippen LogP contribution < -0.4 is 10.6 Å². The van der Waals surface area contributed by atoms with Crippen molar-refractivity contribution in [3.63, 3.8) is 0 Å². The number of amides is 1. The Morgan fingerprint density at radius 3 is 2.88 bits per heavy atom. The van der Waals surface area contributed by atoms with Crippen LogP contribution in [0.5, 0.6) is 0 Å². The first-order valence-electron chi connectivity index (χ1n) is 6.40. The number of hydrogen-bond acceptors (Lipinski definition) is 3. The van der Waals surface area contributed by atoms with Gasteiger partial charge in [-0.2, -0.15) is 0 Å². The molecule has 1 heterocycles. The van der Waals surface area contributed by atoms with Crippen molar-refractivity contribution in [1.29, 1.82) is 0 Å². The lowest BCUT2D eigenvalue weighted by molar-refractivity contribution is -0.142. The Hall–Kier alpha value is -1.10. The molecule has 2 aliphatic rings. The molecule has 4 unspecified atom stereocenters. The molecule has 2 rings (SSSR count). The van der Waals surface area contributed by atoms with Gasteiger partial charge in [-0.1, -0.05) is 13.3 Å². The minimum atomic E-state index is -0.957. The third-order valence-corrected chi connectivity index (χ3v) is 4.05. The molecule has 3 N–H and O–H groups in total. The first-order chi connectivity index (χ1) is 8.13. The average molecular weight is 240 g/mol. The molecule has 0 aromatic rings. The average Bonchev–Trinajstić information content (AvgIpc) is 2.86. The number of aliphatic carboxylic acids is 1. The summed E-state index contributed by atoms with van der Waals surface area (Å²) in [5.41, 5.74) is 0. The number of carbonyl (C=O) groups is 2. The Labute approximate surface area is 101 Å². The van der Waals surface area contributed by atoms with E-state index in [0.717, 1.165) is 13.0 Å². The number of carboxylic acids is 1. The van der Waals surface area contributed by atoms with E-state index in [-0.39, 0.29) is 11.9 Å². The molecule has 17 heavy (non-hydrogen) atoms. The molecule has 4 atom stereocenters. The van der Waals surface area contributed by atoms with Gasteiger partial charge in [-0.3, -0.25) is 4.79 Å². The van der Waals surface area contributed by atoms with Crippen LogP contribution in [-0.2, 0) is 9.59 Å². The number of nitrogens with one attached hydrogen (secondary N) is 2. The van der Waals surface area contributed by atoms with Crippen molar-refractivity contribution in [2.45, 2.75) is 44.7 Å². The van der Waals surface area contributed by atoms with Crippen LogP contribution in [0.2, 0.25) is 0 Å². The standard InChI is InChI=1S/C12H20N2O3/c1-2-9(12(16)17)14-11(15)10-8-5-3-4-7(8)6-13-10/h7-10,13H,2-6H2,1H3,(H,14,15)(H,16,17). The number of carbonyl (C=O) groups excluding carboxylic acids is 1. The zero-order chi connectivity index (χ0) is 12.4. The van der Waals surface area contributed by atoms with E-state index in [0.29, 0.717) is 18.3 Å². The second kappa shape index (κ2) is 5.04. The highest BCUT2D eigenvalue weighted by atomic mass is 16.4. The third kappa shape index (κ3) is 2.44. The predicted octanol–water partition coefficient (Wildman–Crippen LogP) is 0.354. The van der Waals surface area contributed by atoms with Gasteiger partial charge >= 0.3 is 5.97 Å².